The number of carbonyl (C=O) groups excluding carboxylic acids is 3. The van der Waals surface area contributed by atoms with E-state index >= 15 is 0 Å². The highest BCUT2D eigenvalue weighted by atomic mass is 16.6. The number of carbonyl (C=O) groups is 3. The number of nitrogens with one attached hydrogen (secondary N) is 2. The average molecular weight is 455 g/mol. The van der Waals surface area contributed by atoms with Crippen LogP contribution in [0, 0.1) is 6.92 Å². The lowest BCUT2D eigenvalue weighted by atomic mass is 9.98. The number of nitrogens with zero attached hydrogens (tertiary/aromatic N) is 3. The highest BCUT2D eigenvalue weighted by molar-refractivity contribution is 6.39. The Kier molecular flexibility index (Phi) is 7.15. The predicted molar refractivity (Wildman–Crippen MR) is 124 cm³/mol. The maximum Gasteiger partial charge on any atom is 0.413 e. The monoisotopic (exact) mass is 454 g/mol. The number of aromatic nitrogens is 2. The molecule has 176 valence electrons. The summed E-state index contributed by atoms with van der Waals surface area (Å²) >= 11 is 0. The van der Waals surface area contributed by atoms with Crippen molar-refractivity contribution in [2.45, 2.75) is 58.6 Å². The predicted octanol–water partition coefficient (Wildman–Crippen LogP) is 3.41. The molecule has 10 heteroatoms. The third-order valence-corrected chi connectivity index (χ3v) is 5.06. The van der Waals surface area contributed by atoms with E-state index in [1.165, 1.54) is 6.20 Å². The van der Waals surface area contributed by atoms with Crippen LogP contribution in [0.15, 0.2) is 30.6 Å². The van der Waals surface area contributed by atoms with Gasteiger partial charge in [-0.15, -0.1) is 0 Å². The van der Waals surface area contributed by atoms with Crippen molar-refractivity contribution in [3.05, 3.63) is 41.9 Å². The molecule has 0 spiro atoms. The van der Waals surface area contributed by atoms with Crippen LogP contribution in [0.5, 0.6) is 0 Å². The molecule has 3 heterocycles. The maximum absolute atomic E-state index is 13.0. The zero-order valence-electron chi connectivity index (χ0n) is 19.3. The lowest BCUT2D eigenvalue weighted by Gasteiger charge is -2.34. The Morgan fingerprint density at radius 2 is 1.88 bits per heavy atom. The topological polar surface area (TPSA) is 140 Å². The molecular formula is C23H30N6O4. The molecule has 3 amide bonds. The van der Waals surface area contributed by atoms with E-state index in [1.807, 2.05) is 0 Å². The first-order valence-electron chi connectivity index (χ1n) is 10.8. The fraction of sp³-hybridized carbons (Fsp3) is 0.435. The first-order valence-corrected chi connectivity index (χ1v) is 10.8. The van der Waals surface area contributed by atoms with Gasteiger partial charge in [-0.1, -0.05) is 0 Å². The lowest BCUT2D eigenvalue weighted by molar-refractivity contribution is -0.146. The molecule has 1 aliphatic heterocycles. The fourth-order valence-corrected chi connectivity index (χ4v) is 3.59. The lowest BCUT2D eigenvalue weighted by Crippen LogP contribution is -2.44. The number of anilines is 3. The van der Waals surface area contributed by atoms with Crippen LogP contribution >= 0.6 is 0 Å². The van der Waals surface area contributed by atoms with Crippen molar-refractivity contribution < 1.29 is 19.1 Å². The number of nitrogen functional groups attached to an aromatic ring is 1. The molecule has 2 aromatic heterocycles. The highest BCUT2D eigenvalue weighted by Crippen LogP contribution is 2.30. The van der Waals surface area contributed by atoms with Gasteiger partial charge in [-0.2, -0.15) is 0 Å². The Labute approximate surface area is 192 Å². The number of likely N-dealkylation sites (tertiary alicyclic amines) is 1. The SMILES string of the molecule is Cc1cc(NC(=O)C(=O)N2CCCC[C@H]2c2ccc(N)cn2)cnc1NC(=O)OC(C)(C)C. The third kappa shape index (κ3) is 6.41. The zero-order valence-corrected chi connectivity index (χ0v) is 19.3. The van der Waals surface area contributed by atoms with Crippen molar-refractivity contribution in [3.63, 3.8) is 0 Å². The van der Waals surface area contributed by atoms with Gasteiger partial charge in [0.1, 0.15) is 11.4 Å². The molecule has 0 bridgehead atoms. The van der Waals surface area contributed by atoms with Crippen LogP contribution in [-0.4, -0.2) is 44.9 Å². The largest absolute Gasteiger partial charge is 0.444 e. The summed E-state index contributed by atoms with van der Waals surface area (Å²) in [5.74, 6) is -1.09. The summed E-state index contributed by atoms with van der Waals surface area (Å²) in [7, 11) is 0. The number of amides is 3. The Balaban J connectivity index is 1.67. The number of hydrogen-bond donors (Lipinski definition) is 3. The smallest absolute Gasteiger partial charge is 0.413 e. The first-order chi connectivity index (χ1) is 15.5. The van der Waals surface area contributed by atoms with E-state index in [4.69, 9.17) is 10.5 Å². The normalized spacial score (nSPS) is 16.1. The second kappa shape index (κ2) is 9.85. The van der Waals surface area contributed by atoms with Gasteiger partial charge < -0.3 is 20.7 Å². The quantitative estimate of drug-likeness (QED) is 0.604. The van der Waals surface area contributed by atoms with Gasteiger partial charge in [0.25, 0.3) is 0 Å². The number of rotatable bonds is 3. The second-order valence-electron chi connectivity index (χ2n) is 9.00. The van der Waals surface area contributed by atoms with Gasteiger partial charge in [0.05, 0.1) is 35.5 Å². The number of ether oxygens (including phenoxy) is 1. The van der Waals surface area contributed by atoms with Crippen LogP contribution < -0.4 is 16.4 Å². The molecule has 1 atom stereocenters. The van der Waals surface area contributed by atoms with Gasteiger partial charge in [0.2, 0.25) is 0 Å². The zero-order chi connectivity index (χ0) is 24.2. The molecule has 1 aliphatic rings. The summed E-state index contributed by atoms with van der Waals surface area (Å²) in [6.07, 6.45) is 4.78. The van der Waals surface area contributed by atoms with Crippen LogP contribution in [0.25, 0.3) is 0 Å². The molecular weight excluding hydrogens is 424 g/mol. The number of nitrogens with two attached hydrogens (primary N) is 1. The molecule has 4 N–H and O–H groups in total. The average Bonchev–Trinajstić information content (AvgIpc) is 2.74. The summed E-state index contributed by atoms with van der Waals surface area (Å²) in [5.41, 5.74) is 7.28. The van der Waals surface area contributed by atoms with E-state index in [1.54, 1.807) is 57.0 Å². The van der Waals surface area contributed by atoms with Crippen molar-refractivity contribution in [3.8, 4) is 0 Å². The molecule has 2 aromatic rings. The molecule has 10 nitrogen and oxygen atoms in total. The Morgan fingerprint density at radius 3 is 2.52 bits per heavy atom. The molecule has 0 aromatic carbocycles. The third-order valence-electron chi connectivity index (χ3n) is 5.06. The van der Waals surface area contributed by atoms with Crippen molar-refractivity contribution in [2.24, 2.45) is 0 Å². The maximum atomic E-state index is 13.0. The van der Waals surface area contributed by atoms with E-state index in [0.29, 0.717) is 35.0 Å². The minimum atomic E-state index is -0.758. The molecule has 33 heavy (non-hydrogen) atoms. The Morgan fingerprint density at radius 1 is 1.12 bits per heavy atom. The number of aryl methyl sites for hydroxylation is 1. The summed E-state index contributed by atoms with van der Waals surface area (Å²) in [5, 5.41) is 5.18. The number of piperidine rings is 1. The molecule has 0 radical (unpaired) electrons. The summed E-state index contributed by atoms with van der Waals surface area (Å²) in [6.45, 7) is 7.49. The van der Waals surface area contributed by atoms with Crippen LogP contribution in [0.1, 0.15) is 57.3 Å². The van der Waals surface area contributed by atoms with Crippen molar-refractivity contribution in [2.75, 3.05) is 22.9 Å². The van der Waals surface area contributed by atoms with Gasteiger partial charge in [-0.25, -0.2) is 9.78 Å². The van der Waals surface area contributed by atoms with E-state index in [0.717, 1.165) is 19.3 Å². The standard InChI is InChI=1S/C23H30N6O4/c1-14-11-16(13-26-19(14)28-22(32)33-23(2,3)4)27-20(30)21(31)29-10-6-5-7-18(29)17-9-8-15(24)12-25-17/h8-9,11-13,18H,5-7,10,24H2,1-4H3,(H,27,30)(H,26,28,32)/t18-/m0/s1. The Hall–Kier alpha value is -3.69. The van der Waals surface area contributed by atoms with Crippen LogP contribution in [0.2, 0.25) is 0 Å². The number of hydrogen-bond acceptors (Lipinski definition) is 7. The highest BCUT2D eigenvalue weighted by Gasteiger charge is 2.32. The van der Waals surface area contributed by atoms with E-state index in [2.05, 4.69) is 20.6 Å². The second-order valence-corrected chi connectivity index (χ2v) is 9.00. The Bertz CT molecular complexity index is 1030. The van der Waals surface area contributed by atoms with Crippen LogP contribution in [0.4, 0.5) is 22.0 Å². The van der Waals surface area contributed by atoms with Gasteiger partial charge in [-0.05, 0) is 70.7 Å². The van der Waals surface area contributed by atoms with Gasteiger partial charge in [0, 0.05) is 6.54 Å². The fourth-order valence-electron chi connectivity index (χ4n) is 3.59. The van der Waals surface area contributed by atoms with Crippen LogP contribution in [-0.2, 0) is 14.3 Å². The molecule has 0 saturated carbocycles. The summed E-state index contributed by atoms with van der Waals surface area (Å²) in [6, 6.07) is 4.87. The van der Waals surface area contributed by atoms with Gasteiger partial charge >= 0.3 is 17.9 Å². The minimum absolute atomic E-state index is 0.280. The van der Waals surface area contributed by atoms with Gasteiger partial charge in [0.15, 0.2) is 0 Å². The summed E-state index contributed by atoms with van der Waals surface area (Å²) in [4.78, 5) is 47.7. The number of pyridine rings is 2. The van der Waals surface area contributed by atoms with Gasteiger partial charge in [-0.3, -0.25) is 19.9 Å². The molecule has 3 rings (SSSR count). The molecule has 0 unspecified atom stereocenters. The van der Waals surface area contributed by atoms with E-state index in [-0.39, 0.29) is 6.04 Å². The molecule has 1 fully saturated rings. The van der Waals surface area contributed by atoms with E-state index in [9.17, 15) is 14.4 Å². The van der Waals surface area contributed by atoms with E-state index < -0.39 is 23.5 Å². The summed E-state index contributed by atoms with van der Waals surface area (Å²) < 4.78 is 5.22. The van der Waals surface area contributed by atoms with Crippen molar-refractivity contribution in [1.29, 1.82) is 0 Å². The van der Waals surface area contributed by atoms with Crippen LogP contribution in [0.3, 0.4) is 0 Å². The van der Waals surface area contributed by atoms with Crippen molar-refractivity contribution in [1.82, 2.24) is 14.9 Å². The minimum Gasteiger partial charge on any atom is -0.444 e. The van der Waals surface area contributed by atoms with Crippen molar-refractivity contribution >= 4 is 35.1 Å². The molecule has 0 aliphatic carbocycles. The first kappa shape index (κ1) is 24.0. The molecule has 1 saturated heterocycles.